The summed E-state index contributed by atoms with van der Waals surface area (Å²) in [6, 6.07) is 1.94. The lowest BCUT2D eigenvalue weighted by Crippen LogP contribution is -2.07. The number of pyridine rings is 1. The van der Waals surface area contributed by atoms with Crippen molar-refractivity contribution in [2.45, 2.75) is 13.5 Å². The fourth-order valence-electron chi connectivity index (χ4n) is 1.15. The zero-order valence-electron chi connectivity index (χ0n) is 7.75. The van der Waals surface area contributed by atoms with Gasteiger partial charge in [-0.3, -0.25) is 4.98 Å². The van der Waals surface area contributed by atoms with E-state index in [4.69, 9.17) is 5.73 Å². The maximum atomic E-state index is 5.54. The van der Waals surface area contributed by atoms with Gasteiger partial charge in [0.05, 0.1) is 6.54 Å². The zero-order valence-corrected chi connectivity index (χ0v) is 7.75. The average Bonchev–Trinajstić information content (AvgIpc) is 2.56. The van der Waals surface area contributed by atoms with Crippen molar-refractivity contribution in [3.05, 3.63) is 29.6 Å². The highest BCUT2D eigenvalue weighted by atomic mass is 15.6. The SMILES string of the molecule is Cc1ccncc1Cn1nnnc1N. The molecule has 0 radical (unpaired) electrons. The maximum absolute atomic E-state index is 5.54. The second-order valence-corrected chi connectivity index (χ2v) is 3.00. The Hall–Kier alpha value is -1.98. The van der Waals surface area contributed by atoms with Gasteiger partial charge in [-0.1, -0.05) is 5.10 Å². The van der Waals surface area contributed by atoms with Crippen LogP contribution < -0.4 is 5.73 Å². The first-order chi connectivity index (χ1) is 6.77. The summed E-state index contributed by atoms with van der Waals surface area (Å²) in [6.07, 6.45) is 3.54. The van der Waals surface area contributed by atoms with Crippen molar-refractivity contribution >= 4 is 5.95 Å². The van der Waals surface area contributed by atoms with E-state index in [0.717, 1.165) is 11.1 Å². The van der Waals surface area contributed by atoms with Crippen LogP contribution in [0.2, 0.25) is 0 Å². The minimum atomic E-state index is 0.313. The van der Waals surface area contributed by atoms with Crippen molar-refractivity contribution in [3.8, 4) is 0 Å². The van der Waals surface area contributed by atoms with Gasteiger partial charge in [-0.25, -0.2) is 4.68 Å². The van der Waals surface area contributed by atoms with Gasteiger partial charge in [0.2, 0.25) is 5.95 Å². The number of tetrazole rings is 1. The Kier molecular flexibility index (Phi) is 2.10. The number of hydrogen-bond acceptors (Lipinski definition) is 5. The third-order valence-electron chi connectivity index (χ3n) is 2.03. The van der Waals surface area contributed by atoms with Crippen LogP contribution in [0.15, 0.2) is 18.5 Å². The molecule has 0 saturated carbocycles. The second-order valence-electron chi connectivity index (χ2n) is 3.00. The summed E-state index contributed by atoms with van der Waals surface area (Å²) in [5.74, 6) is 0.313. The molecule has 6 heteroatoms. The summed E-state index contributed by atoms with van der Waals surface area (Å²) in [7, 11) is 0. The van der Waals surface area contributed by atoms with Gasteiger partial charge in [0.1, 0.15) is 0 Å². The Balaban J connectivity index is 2.28. The van der Waals surface area contributed by atoms with Crippen LogP contribution in [-0.2, 0) is 6.54 Å². The maximum Gasteiger partial charge on any atom is 0.240 e. The molecule has 2 heterocycles. The molecule has 6 nitrogen and oxygen atoms in total. The lowest BCUT2D eigenvalue weighted by Gasteiger charge is -2.04. The first kappa shape index (κ1) is 8.61. The van der Waals surface area contributed by atoms with Crippen LogP contribution in [0, 0.1) is 6.92 Å². The average molecular weight is 190 g/mol. The van der Waals surface area contributed by atoms with Crippen molar-refractivity contribution in [1.82, 2.24) is 25.2 Å². The predicted octanol–water partition coefficient (Wildman–Crippen LogP) is 0.00702. The number of rotatable bonds is 2. The summed E-state index contributed by atoms with van der Waals surface area (Å²) in [5.41, 5.74) is 7.75. The van der Waals surface area contributed by atoms with E-state index in [-0.39, 0.29) is 0 Å². The lowest BCUT2D eigenvalue weighted by atomic mass is 10.2. The van der Waals surface area contributed by atoms with E-state index >= 15 is 0 Å². The number of nitrogens with zero attached hydrogens (tertiary/aromatic N) is 5. The molecular formula is C8H10N6. The number of aryl methyl sites for hydroxylation is 1. The summed E-state index contributed by atoms with van der Waals surface area (Å²) in [6.45, 7) is 2.57. The Bertz CT molecular complexity index is 435. The van der Waals surface area contributed by atoms with E-state index < -0.39 is 0 Å². The summed E-state index contributed by atoms with van der Waals surface area (Å²) in [4.78, 5) is 4.03. The normalized spacial score (nSPS) is 10.4. The molecule has 0 aliphatic heterocycles. The number of aromatic nitrogens is 5. The van der Waals surface area contributed by atoms with Crippen molar-refractivity contribution in [1.29, 1.82) is 0 Å². The van der Waals surface area contributed by atoms with Gasteiger partial charge in [0, 0.05) is 12.4 Å². The van der Waals surface area contributed by atoms with E-state index in [1.807, 2.05) is 13.0 Å². The molecule has 0 bridgehead atoms. The number of nitrogen functional groups attached to an aromatic ring is 1. The topological polar surface area (TPSA) is 82.5 Å². The van der Waals surface area contributed by atoms with E-state index in [9.17, 15) is 0 Å². The van der Waals surface area contributed by atoms with Crippen LogP contribution in [0.25, 0.3) is 0 Å². The largest absolute Gasteiger partial charge is 0.367 e. The molecule has 0 amide bonds. The quantitative estimate of drug-likeness (QED) is 0.721. The van der Waals surface area contributed by atoms with E-state index in [1.165, 1.54) is 4.68 Å². The molecule has 0 atom stereocenters. The van der Waals surface area contributed by atoms with E-state index in [0.29, 0.717) is 12.5 Å². The van der Waals surface area contributed by atoms with Gasteiger partial charge in [-0.05, 0) is 34.5 Å². The molecule has 14 heavy (non-hydrogen) atoms. The van der Waals surface area contributed by atoms with Gasteiger partial charge in [0.25, 0.3) is 0 Å². The molecule has 0 saturated heterocycles. The number of hydrogen-bond donors (Lipinski definition) is 1. The van der Waals surface area contributed by atoms with Crippen LogP contribution in [0.1, 0.15) is 11.1 Å². The van der Waals surface area contributed by atoms with Crippen molar-refractivity contribution < 1.29 is 0 Å². The molecule has 72 valence electrons. The highest BCUT2D eigenvalue weighted by Crippen LogP contribution is 2.07. The molecule has 2 aromatic rings. The third kappa shape index (κ3) is 1.54. The monoisotopic (exact) mass is 190 g/mol. The second kappa shape index (κ2) is 3.41. The van der Waals surface area contributed by atoms with E-state index in [2.05, 4.69) is 20.5 Å². The third-order valence-corrected chi connectivity index (χ3v) is 2.03. The van der Waals surface area contributed by atoms with Crippen molar-refractivity contribution in [3.63, 3.8) is 0 Å². The summed E-state index contributed by atoms with van der Waals surface area (Å²) in [5, 5.41) is 10.8. The Morgan fingerprint density at radius 2 is 2.36 bits per heavy atom. The molecule has 0 aliphatic rings. The van der Waals surface area contributed by atoms with E-state index in [1.54, 1.807) is 12.4 Å². The molecular weight excluding hydrogens is 180 g/mol. The molecule has 0 aromatic carbocycles. The van der Waals surface area contributed by atoms with Crippen LogP contribution in [0.5, 0.6) is 0 Å². The van der Waals surface area contributed by atoms with Gasteiger partial charge in [-0.15, -0.1) is 0 Å². The van der Waals surface area contributed by atoms with Gasteiger partial charge >= 0.3 is 0 Å². The first-order valence-corrected chi connectivity index (χ1v) is 4.18. The molecule has 2 aromatic heterocycles. The van der Waals surface area contributed by atoms with Crippen molar-refractivity contribution in [2.75, 3.05) is 5.73 Å². The standard InChI is InChI=1S/C8H10N6/c1-6-2-3-10-4-7(6)5-14-8(9)11-12-13-14/h2-4H,5H2,1H3,(H2,9,11,13). The predicted molar refractivity (Wildman–Crippen MR) is 50.3 cm³/mol. The molecule has 0 spiro atoms. The smallest absolute Gasteiger partial charge is 0.240 e. The summed E-state index contributed by atoms with van der Waals surface area (Å²) < 4.78 is 1.53. The number of nitrogens with two attached hydrogens (primary N) is 1. The number of anilines is 1. The fourth-order valence-corrected chi connectivity index (χ4v) is 1.15. The van der Waals surface area contributed by atoms with Crippen molar-refractivity contribution in [2.24, 2.45) is 0 Å². The fraction of sp³-hybridized carbons (Fsp3) is 0.250. The Morgan fingerprint density at radius 1 is 1.50 bits per heavy atom. The summed E-state index contributed by atoms with van der Waals surface area (Å²) >= 11 is 0. The van der Waals surface area contributed by atoms with Crippen LogP contribution >= 0.6 is 0 Å². The minimum Gasteiger partial charge on any atom is -0.367 e. The Labute approximate surface area is 80.8 Å². The molecule has 2 N–H and O–H groups in total. The van der Waals surface area contributed by atoms with Crippen LogP contribution in [0.4, 0.5) is 5.95 Å². The Morgan fingerprint density at radius 3 is 3.00 bits per heavy atom. The lowest BCUT2D eigenvalue weighted by molar-refractivity contribution is 0.651. The van der Waals surface area contributed by atoms with Gasteiger partial charge in [0.15, 0.2) is 0 Å². The van der Waals surface area contributed by atoms with Crippen LogP contribution in [-0.4, -0.2) is 25.2 Å². The zero-order chi connectivity index (χ0) is 9.97. The van der Waals surface area contributed by atoms with Gasteiger partial charge < -0.3 is 5.73 Å². The van der Waals surface area contributed by atoms with Gasteiger partial charge in [-0.2, -0.15) is 0 Å². The molecule has 0 aliphatic carbocycles. The minimum absolute atomic E-state index is 0.313. The van der Waals surface area contributed by atoms with Crippen LogP contribution in [0.3, 0.4) is 0 Å². The highest BCUT2D eigenvalue weighted by molar-refractivity contribution is 5.23. The molecule has 0 fully saturated rings. The highest BCUT2D eigenvalue weighted by Gasteiger charge is 2.03. The molecule has 2 rings (SSSR count). The first-order valence-electron chi connectivity index (χ1n) is 4.18. The molecule has 0 unspecified atom stereocenters.